The van der Waals surface area contributed by atoms with Gasteiger partial charge >= 0.3 is 0 Å². The number of nitrogens with one attached hydrogen (secondary N) is 1. The molecule has 1 aromatic heterocycles. The van der Waals surface area contributed by atoms with Gasteiger partial charge in [-0.05, 0) is 35.9 Å². The van der Waals surface area contributed by atoms with Crippen molar-refractivity contribution in [3.8, 4) is 0 Å². The first-order chi connectivity index (χ1) is 14.5. The van der Waals surface area contributed by atoms with Crippen molar-refractivity contribution >= 4 is 57.6 Å². The molecule has 0 fully saturated rings. The molecular weight excluding hydrogens is 421 g/mol. The molecule has 0 unspecified atom stereocenters. The second kappa shape index (κ2) is 8.57. The number of hydrogen-bond donors (Lipinski definition) is 1. The van der Waals surface area contributed by atoms with Crippen LogP contribution in [0.2, 0.25) is 10.0 Å². The van der Waals surface area contributed by atoms with Crippen molar-refractivity contribution in [1.82, 2.24) is 0 Å². The highest BCUT2D eigenvalue weighted by molar-refractivity contribution is 6.35. The lowest BCUT2D eigenvalue weighted by molar-refractivity contribution is -0.111. The van der Waals surface area contributed by atoms with E-state index < -0.39 is 5.91 Å². The molecule has 1 amide bonds. The average molecular weight is 436 g/mol. The molecule has 0 atom stereocenters. The van der Waals surface area contributed by atoms with Crippen LogP contribution in [0.3, 0.4) is 0 Å². The van der Waals surface area contributed by atoms with Crippen molar-refractivity contribution in [2.75, 3.05) is 5.32 Å². The van der Waals surface area contributed by atoms with Crippen LogP contribution in [-0.4, -0.2) is 11.7 Å². The fourth-order valence-electron chi connectivity index (χ4n) is 3.02. The lowest BCUT2D eigenvalue weighted by Gasteiger charge is -2.04. The predicted octanol–water partition coefficient (Wildman–Crippen LogP) is 6.62. The Hall–Kier alpha value is -3.34. The highest BCUT2D eigenvalue weighted by Gasteiger charge is 2.22. The van der Waals surface area contributed by atoms with Crippen LogP contribution >= 0.6 is 23.2 Å². The van der Waals surface area contributed by atoms with Gasteiger partial charge in [-0.15, -0.1) is 0 Å². The second-order valence-electron chi connectivity index (χ2n) is 6.49. The van der Waals surface area contributed by atoms with Gasteiger partial charge in [-0.1, -0.05) is 71.7 Å². The maximum absolute atomic E-state index is 13.0. The lowest BCUT2D eigenvalue weighted by Crippen LogP contribution is -2.11. The molecule has 148 valence electrons. The standard InChI is InChI=1S/C24H15Cl2NO3/c25-17-12-10-15(19(26)14-17)11-13-21(28)27-22-18-8-4-5-9-20(18)30-24(22)23(29)16-6-2-1-3-7-16/h1-14H,(H,27,28)/b13-11+. The largest absolute Gasteiger partial charge is 0.450 e. The normalized spacial score (nSPS) is 11.1. The summed E-state index contributed by atoms with van der Waals surface area (Å²) in [5.74, 6) is -0.657. The number of furan rings is 1. The van der Waals surface area contributed by atoms with Crippen LogP contribution in [0.25, 0.3) is 17.0 Å². The maximum Gasteiger partial charge on any atom is 0.248 e. The highest BCUT2D eigenvalue weighted by Crippen LogP contribution is 2.32. The summed E-state index contributed by atoms with van der Waals surface area (Å²) in [4.78, 5) is 25.6. The average Bonchev–Trinajstić information content (AvgIpc) is 3.11. The number of fused-ring (bicyclic) bond motifs is 1. The first-order valence-corrected chi connectivity index (χ1v) is 9.84. The van der Waals surface area contributed by atoms with Crippen molar-refractivity contribution < 1.29 is 14.0 Å². The Morgan fingerprint density at radius 2 is 1.63 bits per heavy atom. The number of para-hydroxylation sites is 1. The monoisotopic (exact) mass is 435 g/mol. The smallest absolute Gasteiger partial charge is 0.248 e. The van der Waals surface area contributed by atoms with Gasteiger partial charge in [-0.3, -0.25) is 9.59 Å². The van der Waals surface area contributed by atoms with Crippen LogP contribution in [-0.2, 0) is 4.79 Å². The third-order valence-corrected chi connectivity index (χ3v) is 5.03. The summed E-state index contributed by atoms with van der Waals surface area (Å²) in [6.07, 6.45) is 2.92. The summed E-state index contributed by atoms with van der Waals surface area (Å²) in [6.45, 7) is 0. The molecule has 0 bridgehead atoms. The number of rotatable bonds is 5. The van der Waals surface area contributed by atoms with E-state index >= 15 is 0 Å². The molecule has 0 saturated carbocycles. The first-order valence-electron chi connectivity index (χ1n) is 9.08. The van der Waals surface area contributed by atoms with E-state index in [9.17, 15) is 9.59 Å². The van der Waals surface area contributed by atoms with Gasteiger partial charge in [-0.25, -0.2) is 0 Å². The molecule has 0 aliphatic rings. The number of amides is 1. The fourth-order valence-corrected chi connectivity index (χ4v) is 3.49. The van der Waals surface area contributed by atoms with Crippen molar-refractivity contribution in [3.05, 3.63) is 106 Å². The van der Waals surface area contributed by atoms with Crippen LogP contribution in [0.5, 0.6) is 0 Å². The molecule has 4 nitrogen and oxygen atoms in total. The van der Waals surface area contributed by atoms with Gasteiger partial charge in [0.15, 0.2) is 5.76 Å². The Bertz CT molecular complexity index is 1280. The zero-order chi connectivity index (χ0) is 21.1. The number of benzene rings is 3. The van der Waals surface area contributed by atoms with Crippen LogP contribution in [0.4, 0.5) is 5.69 Å². The van der Waals surface area contributed by atoms with Gasteiger partial charge in [0.05, 0.1) is 5.69 Å². The molecule has 30 heavy (non-hydrogen) atoms. The number of anilines is 1. The molecular formula is C24H15Cl2NO3. The van der Waals surface area contributed by atoms with Gasteiger partial charge in [0.2, 0.25) is 11.7 Å². The van der Waals surface area contributed by atoms with E-state index in [4.69, 9.17) is 27.6 Å². The summed E-state index contributed by atoms with van der Waals surface area (Å²) in [5, 5.41) is 4.36. The van der Waals surface area contributed by atoms with E-state index in [1.54, 1.807) is 66.7 Å². The van der Waals surface area contributed by atoms with E-state index in [-0.39, 0.29) is 11.5 Å². The number of ketones is 1. The third kappa shape index (κ3) is 4.15. The molecule has 0 radical (unpaired) electrons. The lowest BCUT2D eigenvalue weighted by atomic mass is 10.1. The number of carbonyl (C=O) groups is 2. The number of carbonyl (C=O) groups excluding carboxylic acids is 2. The van der Waals surface area contributed by atoms with E-state index in [2.05, 4.69) is 5.32 Å². The van der Waals surface area contributed by atoms with E-state index in [1.807, 2.05) is 12.1 Å². The maximum atomic E-state index is 13.0. The number of halogens is 2. The summed E-state index contributed by atoms with van der Waals surface area (Å²) < 4.78 is 5.79. The van der Waals surface area contributed by atoms with Gasteiger partial charge in [0, 0.05) is 27.1 Å². The SMILES string of the molecule is O=C(/C=C/c1ccc(Cl)cc1Cl)Nc1c(C(=O)c2ccccc2)oc2ccccc12. The summed E-state index contributed by atoms with van der Waals surface area (Å²) in [7, 11) is 0. The minimum absolute atomic E-state index is 0.0775. The van der Waals surface area contributed by atoms with E-state index in [0.717, 1.165) is 0 Å². The topological polar surface area (TPSA) is 59.3 Å². The molecule has 0 aliphatic carbocycles. The van der Waals surface area contributed by atoms with Crippen LogP contribution in [0.15, 0.2) is 83.3 Å². The van der Waals surface area contributed by atoms with Gasteiger partial charge in [-0.2, -0.15) is 0 Å². The van der Waals surface area contributed by atoms with Crippen molar-refractivity contribution in [2.24, 2.45) is 0 Å². The van der Waals surface area contributed by atoms with E-state index in [1.165, 1.54) is 6.08 Å². The molecule has 0 saturated heterocycles. The van der Waals surface area contributed by atoms with Crippen LogP contribution in [0.1, 0.15) is 21.7 Å². The third-order valence-electron chi connectivity index (χ3n) is 4.46. The number of hydrogen-bond acceptors (Lipinski definition) is 3. The molecule has 0 spiro atoms. The minimum Gasteiger partial charge on any atom is -0.450 e. The molecule has 6 heteroatoms. The van der Waals surface area contributed by atoms with Crippen molar-refractivity contribution in [1.29, 1.82) is 0 Å². The molecule has 4 rings (SSSR count). The fraction of sp³-hybridized carbons (Fsp3) is 0. The highest BCUT2D eigenvalue weighted by atomic mass is 35.5. The Labute approximate surface area is 182 Å². The molecule has 1 heterocycles. The van der Waals surface area contributed by atoms with Crippen LogP contribution < -0.4 is 5.32 Å². The van der Waals surface area contributed by atoms with Crippen molar-refractivity contribution in [3.63, 3.8) is 0 Å². The molecule has 3 aromatic carbocycles. The zero-order valence-corrected chi connectivity index (χ0v) is 17.1. The predicted molar refractivity (Wildman–Crippen MR) is 120 cm³/mol. The summed E-state index contributed by atoms with van der Waals surface area (Å²) in [5.41, 5.74) is 1.96. The quantitative estimate of drug-likeness (QED) is 0.283. The summed E-state index contributed by atoms with van der Waals surface area (Å²) in [6, 6.07) is 20.9. The Kier molecular flexibility index (Phi) is 5.70. The Morgan fingerprint density at radius 1 is 0.900 bits per heavy atom. The van der Waals surface area contributed by atoms with Gasteiger partial charge in [0.25, 0.3) is 0 Å². The zero-order valence-electron chi connectivity index (χ0n) is 15.6. The van der Waals surface area contributed by atoms with Gasteiger partial charge in [0.1, 0.15) is 5.58 Å². The van der Waals surface area contributed by atoms with Crippen molar-refractivity contribution in [2.45, 2.75) is 0 Å². The Balaban J connectivity index is 1.67. The summed E-state index contributed by atoms with van der Waals surface area (Å²) >= 11 is 12.0. The van der Waals surface area contributed by atoms with E-state index in [0.29, 0.717) is 37.8 Å². The molecule has 1 N–H and O–H groups in total. The first kappa shape index (κ1) is 20.0. The molecule has 4 aromatic rings. The van der Waals surface area contributed by atoms with Crippen LogP contribution in [0, 0.1) is 0 Å². The second-order valence-corrected chi connectivity index (χ2v) is 7.33. The minimum atomic E-state index is -0.422. The molecule has 0 aliphatic heterocycles. The Morgan fingerprint density at radius 3 is 2.40 bits per heavy atom. The van der Waals surface area contributed by atoms with Gasteiger partial charge < -0.3 is 9.73 Å².